The lowest BCUT2D eigenvalue weighted by molar-refractivity contribution is 0.0926. The van der Waals surface area contributed by atoms with Crippen molar-refractivity contribution in [2.75, 3.05) is 0 Å². The second kappa shape index (κ2) is 10.1. The molecular weight excluding hydrogens is 440 g/mol. The number of thioether (sulfide) groups is 1. The molecule has 3 aromatic heterocycles. The molecule has 0 saturated carbocycles. The maximum absolute atomic E-state index is 12.4. The Morgan fingerprint density at radius 3 is 2.66 bits per heavy atom. The summed E-state index contributed by atoms with van der Waals surface area (Å²) in [7, 11) is 0. The second-order valence-electron chi connectivity index (χ2n) is 7.64. The summed E-state index contributed by atoms with van der Waals surface area (Å²) in [5.74, 6) is 1.56. The largest absolute Gasteiger partial charge is 0.348 e. The van der Waals surface area contributed by atoms with Crippen molar-refractivity contribution in [1.82, 2.24) is 30.0 Å². The zero-order valence-corrected chi connectivity index (χ0v) is 19.7. The molecule has 1 unspecified atom stereocenters. The fourth-order valence-corrected chi connectivity index (χ4v) is 4.65. The zero-order valence-electron chi connectivity index (χ0n) is 18.1. The highest BCUT2D eigenvalue weighted by molar-refractivity contribution is 7.98. The molecule has 3 heterocycles. The van der Waals surface area contributed by atoms with Gasteiger partial charge in [-0.3, -0.25) is 14.3 Å². The number of para-hydroxylation sites is 1. The maximum Gasteiger partial charge on any atom is 0.270 e. The summed E-state index contributed by atoms with van der Waals surface area (Å²) in [5, 5.41) is 15.3. The van der Waals surface area contributed by atoms with Crippen LogP contribution in [-0.2, 0) is 5.75 Å². The minimum absolute atomic E-state index is 0.0948. The Balaban J connectivity index is 1.54. The van der Waals surface area contributed by atoms with E-state index >= 15 is 0 Å². The van der Waals surface area contributed by atoms with E-state index in [-0.39, 0.29) is 11.9 Å². The number of carbonyl (C=O) groups is 1. The first-order valence-electron chi connectivity index (χ1n) is 10.3. The van der Waals surface area contributed by atoms with E-state index in [2.05, 4.69) is 39.3 Å². The van der Waals surface area contributed by atoms with Crippen LogP contribution in [0.4, 0.5) is 0 Å². The minimum atomic E-state index is -0.134. The van der Waals surface area contributed by atoms with Gasteiger partial charge in [-0.2, -0.15) is 0 Å². The van der Waals surface area contributed by atoms with Crippen molar-refractivity contribution in [2.24, 2.45) is 5.92 Å². The second-order valence-corrected chi connectivity index (χ2v) is 9.53. The summed E-state index contributed by atoms with van der Waals surface area (Å²) in [6.07, 6.45) is 3.52. The maximum atomic E-state index is 12.4. The van der Waals surface area contributed by atoms with Crippen LogP contribution in [0.5, 0.6) is 0 Å². The van der Waals surface area contributed by atoms with Crippen LogP contribution in [-0.4, -0.2) is 36.7 Å². The van der Waals surface area contributed by atoms with E-state index in [0.717, 1.165) is 27.2 Å². The first-order valence-corrected chi connectivity index (χ1v) is 12.2. The lowest BCUT2D eigenvalue weighted by atomic mass is 10.1. The molecule has 4 aromatic rings. The number of pyridine rings is 1. The normalized spacial score (nSPS) is 12.1. The van der Waals surface area contributed by atoms with Gasteiger partial charge in [-0.05, 0) is 37.1 Å². The van der Waals surface area contributed by atoms with Crippen LogP contribution >= 0.6 is 23.1 Å². The summed E-state index contributed by atoms with van der Waals surface area (Å²) in [6.45, 7) is 6.16. The first kappa shape index (κ1) is 22.2. The van der Waals surface area contributed by atoms with Gasteiger partial charge >= 0.3 is 0 Å². The van der Waals surface area contributed by atoms with Gasteiger partial charge < -0.3 is 5.32 Å². The fraction of sp³-hybridized carbons (Fsp3) is 0.261. The molecule has 1 aromatic carbocycles. The number of thiazole rings is 1. The van der Waals surface area contributed by atoms with Gasteiger partial charge in [0, 0.05) is 35.1 Å². The van der Waals surface area contributed by atoms with Gasteiger partial charge in [0.25, 0.3) is 5.91 Å². The molecule has 0 bridgehead atoms. The third-order valence-corrected chi connectivity index (χ3v) is 7.01. The number of benzene rings is 1. The van der Waals surface area contributed by atoms with Crippen LogP contribution in [0, 0.1) is 5.92 Å². The Labute approximate surface area is 195 Å². The monoisotopic (exact) mass is 464 g/mol. The highest BCUT2D eigenvalue weighted by Crippen LogP contribution is 2.30. The molecule has 0 aliphatic heterocycles. The Morgan fingerprint density at radius 2 is 1.94 bits per heavy atom. The zero-order chi connectivity index (χ0) is 22.5. The lowest BCUT2D eigenvalue weighted by Crippen LogP contribution is -2.36. The predicted octanol–water partition coefficient (Wildman–Crippen LogP) is 4.85. The van der Waals surface area contributed by atoms with Gasteiger partial charge in [-0.1, -0.05) is 43.8 Å². The third-order valence-electron chi connectivity index (χ3n) is 5.04. The molecule has 0 fully saturated rings. The molecule has 4 rings (SSSR count). The summed E-state index contributed by atoms with van der Waals surface area (Å²) >= 11 is 3.02. The van der Waals surface area contributed by atoms with E-state index in [1.807, 2.05) is 54.0 Å². The number of amides is 1. The van der Waals surface area contributed by atoms with Gasteiger partial charge in [0.1, 0.15) is 10.7 Å². The summed E-state index contributed by atoms with van der Waals surface area (Å²) < 4.78 is 2.02. The number of nitrogens with zero attached hydrogens (tertiary/aromatic N) is 5. The lowest BCUT2D eigenvalue weighted by Gasteiger charge is -2.16. The Bertz CT molecular complexity index is 1170. The number of rotatable bonds is 8. The van der Waals surface area contributed by atoms with Crippen molar-refractivity contribution in [3.8, 4) is 17.1 Å². The molecule has 1 amide bonds. The highest BCUT2D eigenvalue weighted by atomic mass is 32.2. The van der Waals surface area contributed by atoms with Crippen molar-refractivity contribution in [3.63, 3.8) is 0 Å². The molecule has 0 radical (unpaired) electrons. The van der Waals surface area contributed by atoms with Crippen molar-refractivity contribution < 1.29 is 4.79 Å². The summed E-state index contributed by atoms with van der Waals surface area (Å²) in [4.78, 5) is 21.2. The quantitative estimate of drug-likeness (QED) is 0.375. The van der Waals surface area contributed by atoms with Crippen LogP contribution in [0.15, 0.2) is 65.4 Å². The third kappa shape index (κ3) is 5.05. The van der Waals surface area contributed by atoms with Gasteiger partial charge in [0.2, 0.25) is 0 Å². The van der Waals surface area contributed by atoms with Crippen molar-refractivity contribution >= 4 is 29.0 Å². The number of carbonyl (C=O) groups excluding carboxylic acids is 1. The summed E-state index contributed by atoms with van der Waals surface area (Å²) in [5.41, 5.74) is 2.32. The van der Waals surface area contributed by atoms with Crippen LogP contribution in [0.1, 0.15) is 36.3 Å². The number of nitrogens with one attached hydrogen (secondary N) is 1. The standard InChI is InChI=1S/C23H24N6OS2/c1-15(2)16(3)25-22(30)19-13-31-20(26-19)14-32-23-28-27-21(17-8-7-11-24-12-17)29(23)18-9-5-4-6-10-18/h4-13,15-16H,14H2,1-3H3,(H,25,30). The van der Waals surface area contributed by atoms with Crippen molar-refractivity contribution in [1.29, 1.82) is 0 Å². The van der Waals surface area contributed by atoms with Gasteiger partial charge in [-0.25, -0.2) is 4.98 Å². The first-order chi connectivity index (χ1) is 15.5. The molecule has 0 aliphatic rings. The highest BCUT2D eigenvalue weighted by Gasteiger charge is 2.18. The molecule has 7 nitrogen and oxygen atoms in total. The van der Waals surface area contributed by atoms with E-state index in [1.165, 1.54) is 23.1 Å². The number of aromatic nitrogens is 5. The van der Waals surface area contributed by atoms with E-state index in [9.17, 15) is 4.79 Å². The molecule has 1 atom stereocenters. The molecule has 9 heteroatoms. The minimum Gasteiger partial charge on any atom is -0.348 e. The topological polar surface area (TPSA) is 85.6 Å². The Kier molecular flexibility index (Phi) is 6.96. The number of hydrogen-bond acceptors (Lipinski definition) is 7. The van der Waals surface area contributed by atoms with E-state index in [1.54, 1.807) is 17.8 Å². The van der Waals surface area contributed by atoms with E-state index in [0.29, 0.717) is 17.4 Å². The smallest absolute Gasteiger partial charge is 0.270 e. The SMILES string of the molecule is CC(C)C(C)NC(=O)c1csc(CSc2nnc(-c3cccnc3)n2-c2ccccc2)n1. The van der Waals surface area contributed by atoms with E-state index in [4.69, 9.17) is 0 Å². The van der Waals surface area contributed by atoms with Gasteiger partial charge in [0.05, 0.1) is 5.75 Å². The number of hydrogen-bond donors (Lipinski definition) is 1. The predicted molar refractivity (Wildman–Crippen MR) is 128 cm³/mol. The fourth-order valence-electron chi connectivity index (χ4n) is 2.91. The van der Waals surface area contributed by atoms with Gasteiger partial charge in [-0.15, -0.1) is 21.5 Å². The average molecular weight is 465 g/mol. The van der Waals surface area contributed by atoms with Crippen LogP contribution in [0.2, 0.25) is 0 Å². The molecule has 32 heavy (non-hydrogen) atoms. The molecule has 0 aliphatic carbocycles. The van der Waals surface area contributed by atoms with Crippen LogP contribution in [0.3, 0.4) is 0 Å². The molecule has 0 saturated heterocycles. The summed E-state index contributed by atoms with van der Waals surface area (Å²) in [6, 6.07) is 13.9. The van der Waals surface area contributed by atoms with Crippen molar-refractivity contribution in [2.45, 2.75) is 37.7 Å². The molecule has 164 valence electrons. The molecular formula is C23H24N6OS2. The molecule has 0 spiro atoms. The van der Waals surface area contributed by atoms with Crippen LogP contribution in [0.25, 0.3) is 17.1 Å². The van der Waals surface area contributed by atoms with Gasteiger partial charge in [0.15, 0.2) is 11.0 Å². The van der Waals surface area contributed by atoms with E-state index < -0.39 is 0 Å². The van der Waals surface area contributed by atoms with Crippen LogP contribution < -0.4 is 5.32 Å². The Morgan fingerprint density at radius 1 is 1.12 bits per heavy atom. The molecule has 1 N–H and O–H groups in total. The Hall–Kier alpha value is -3.04. The van der Waals surface area contributed by atoms with Crippen molar-refractivity contribution in [3.05, 3.63) is 70.9 Å². The average Bonchev–Trinajstić information content (AvgIpc) is 3.46.